The Hall–Kier alpha value is -2.01. The number of hydrogen-bond donors (Lipinski definition) is 1. The SMILES string of the molecule is COCC1=CCN(C(=O)CCOc2cccc(N)c2)CC1. The fourth-order valence-electron chi connectivity index (χ4n) is 2.27. The summed E-state index contributed by atoms with van der Waals surface area (Å²) in [6.45, 7) is 2.44. The molecule has 1 heterocycles. The number of nitrogen functional groups attached to an aromatic ring is 1. The van der Waals surface area contributed by atoms with E-state index in [1.54, 1.807) is 19.2 Å². The first-order valence-corrected chi connectivity index (χ1v) is 7.12. The summed E-state index contributed by atoms with van der Waals surface area (Å²) >= 11 is 0. The van der Waals surface area contributed by atoms with Crippen molar-refractivity contribution in [2.24, 2.45) is 0 Å². The Morgan fingerprint density at radius 3 is 2.95 bits per heavy atom. The van der Waals surface area contributed by atoms with E-state index in [1.807, 2.05) is 17.0 Å². The van der Waals surface area contributed by atoms with Crippen LogP contribution in [0.15, 0.2) is 35.9 Å². The standard InChI is InChI=1S/C16H22N2O3/c1-20-12-13-5-8-18(9-6-13)16(19)7-10-21-15-4-2-3-14(17)11-15/h2-5,11H,6-10,12,17H2,1H3. The van der Waals surface area contributed by atoms with Gasteiger partial charge < -0.3 is 20.1 Å². The normalized spacial score (nSPS) is 14.7. The van der Waals surface area contributed by atoms with E-state index >= 15 is 0 Å². The summed E-state index contributed by atoms with van der Waals surface area (Å²) < 4.78 is 10.6. The first-order valence-electron chi connectivity index (χ1n) is 7.12. The summed E-state index contributed by atoms with van der Waals surface area (Å²) in [5.74, 6) is 0.815. The zero-order chi connectivity index (χ0) is 15.1. The van der Waals surface area contributed by atoms with Crippen molar-refractivity contribution < 1.29 is 14.3 Å². The van der Waals surface area contributed by atoms with Gasteiger partial charge in [-0.2, -0.15) is 0 Å². The highest BCUT2D eigenvalue weighted by Gasteiger charge is 2.16. The Labute approximate surface area is 125 Å². The fourth-order valence-corrected chi connectivity index (χ4v) is 2.27. The maximum absolute atomic E-state index is 12.1. The number of ether oxygens (including phenoxy) is 2. The molecule has 0 aliphatic carbocycles. The van der Waals surface area contributed by atoms with E-state index in [9.17, 15) is 4.79 Å². The molecule has 1 amide bonds. The van der Waals surface area contributed by atoms with Gasteiger partial charge in [0.2, 0.25) is 5.91 Å². The zero-order valence-electron chi connectivity index (χ0n) is 12.4. The van der Waals surface area contributed by atoms with Gasteiger partial charge in [-0.15, -0.1) is 0 Å². The molecule has 0 unspecified atom stereocenters. The van der Waals surface area contributed by atoms with Crippen LogP contribution in [-0.2, 0) is 9.53 Å². The number of rotatable bonds is 6. The molecule has 0 saturated heterocycles. The number of benzene rings is 1. The molecule has 1 aromatic carbocycles. The van der Waals surface area contributed by atoms with Gasteiger partial charge in [-0.25, -0.2) is 0 Å². The smallest absolute Gasteiger partial charge is 0.226 e. The van der Waals surface area contributed by atoms with Crippen LogP contribution in [0.2, 0.25) is 0 Å². The van der Waals surface area contributed by atoms with E-state index in [0.717, 1.165) is 13.0 Å². The molecule has 5 nitrogen and oxygen atoms in total. The molecular formula is C16H22N2O3. The summed E-state index contributed by atoms with van der Waals surface area (Å²) in [5.41, 5.74) is 7.59. The predicted molar refractivity (Wildman–Crippen MR) is 82.1 cm³/mol. The van der Waals surface area contributed by atoms with Gasteiger partial charge in [0.15, 0.2) is 0 Å². The molecular weight excluding hydrogens is 268 g/mol. The topological polar surface area (TPSA) is 64.8 Å². The average Bonchev–Trinajstić information content (AvgIpc) is 2.48. The Morgan fingerprint density at radius 1 is 1.43 bits per heavy atom. The van der Waals surface area contributed by atoms with Crippen molar-refractivity contribution in [2.75, 3.05) is 39.1 Å². The molecule has 2 N–H and O–H groups in total. The van der Waals surface area contributed by atoms with E-state index in [4.69, 9.17) is 15.2 Å². The second-order valence-electron chi connectivity index (χ2n) is 5.06. The van der Waals surface area contributed by atoms with Crippen molar-refractivity contribution in [2.45, 2.75) is 12.8 Å². The predicted octanol–water partition coefficient (Wildman–Crippen LogP) is 1.84. The van der Waals surface area contributed by atoms with Crippen LogP contribution in [0.5, 0.6) is 5.75 Å². The average molecular weight is 290 g/mol. The third-order valence-corrected chi connectivity index (χ3v) is 3.43. The van der Waals surface area contributed by atoms with Gasteiger partial charge in [0.1, 0.15) is 5.75 Å². The summed E-state index contributed by atoms with van der Waals surface area (Å²) in [6, 6.07) is 7.22. The van der Waals surface area contributed by atoms with Crippen LogP contribution in [0.25, 0.3) is 0 Å². The summed E-state index contributed by atoms with van der Waals surface area (Å²) in [7, 11) is 1.69. The van der Waals surface area contributed by atoms with Crippen LogP contribution in [0.4, 0.5) is 5.69 Å². The van der Waals surface area contributed by atoms with E-state index in [-0.39, 0.29) is 5.91 Å². The minimum Gasteiger partial charge on any atom is -0.493 e. The lowest BCUT2D eigenvalue weighted by Crippen LogP contribution is -2.36. The van der Waals surface area contributed by atoms with Crippen LogP contribution >= 0.6 is 0 Å². The number of carbonyl (C=O) groups excluding carboxylic acids is 1. The van der Waals surface area contributed by atoms with E-state index in [1.165, 1.54) is 5.57 Å². The molecule has 0 fully saturated rings. The lowest BCUT2D eigenvalue weighted by molar-refractivity contribution is -0.131. The summed E-state index contributed by atoms with van der Waals surface area (Å²) in [4.78, 5) is 13.9. The maximum Gasteiger partial charge on any atom is 0.226 e. The van der Waals surface area contributed by atoms with Crippen LogP contribution in [0.3, 0.4) is 0 Å². The number of nitrogens with two attached hydrogens (primary N) is 1. The first-order chi connectivity index (χ1) is 10.2. The second kappa shape index (κ2) is 7.69. The first kappa shape index (κ1) is 15.4. The molecule has 1 aliphatic rings. The van der Waals surface area contributed by atoms with E-state index < -0.39 is 0 Å². The number of hydrogen-bond acceptors (Lipinski definition) is 4. The Kier molecular flexibility index (Phi) is 5.63. The van der Waals surface area contributed by atoms with Gasteiger partial charge >= 0.3 is 0 Å². The minimum atomic E-state index is 0.117. The number of methoxy groups -OCH3 is 1. The van der Waals surface area contributed by atoms with Crippen molar-refractivity contribution in [1.29, 1.82) is 0 Å². The Morgan fingerprint density at radius 2 is 2.29 bits per heavy atom. The molecule has 0 saturated carbocycles. The van der Waals surface area contributed by atoms with Crippen molar-refractivity contribution in [1.82, 2.24) is 4.90 Å². The number of carbonyl (C=O) groups is 1. The second-order valence-corrected chi connectivity index (χ2v) is 5.06. The fraction of sp³-hybridized carbons (Fsp3) is 0.438. The quantitative estimate of drug-likeness (QED) is 0.641. The highest BCUT2D eigenvalue weighted by molar-refractivity contribution is 5.76. The minimum absolute atomic E-state index is 0.117. The lowest BCUT2D eigenvalue weighted by Gasteiger charge is -2.26. The molecule has 114 valence electrons. The molecule has 0 aromatic heterocycles. The third-order valence-electron chi connectivity index (χ3n) is 3.43. The molecule has 5 heteroatoms. The van der Waals surface area contributed by atoms with Gasteiger partial charge in [-0.05, 0) is 24.1 Å². The summed E-state index contributed by atoms with van der Waals surface area (Å²) in [6.07, 6.45) is 3.33. The lowest BCUT2D eigenvalue weighted by atomic mass is 10.1. The van der Waals surface area contributed by atoms with Crippen LogP contribution < -0.4 is 10.5 Å². The van der Waals surface area contributed by atoms with E-state index in [0.29, 0.717) is 37.6 Å². The van der Waals surface area contributed by atoms with Crippen molar-refractivity contribution in [3.8, 4) is 5.75 Å². The van der Waals surface area contributed by atoms with Gasteiger partial charge in [0, 0.05) is 32.0 Å². The number of anilines is 1. The van der Waals surface area contributed by atoms with Crippen LogP contribution in [0.1, 0.15) is 12.8 Å². The molecule has 1 aliphatic heterocycles. The molecule has 0 bridgehead atoms. The summed E-state index contributed by atoms with van der Waals surface area (Å²) in [5, 5.41) is 0. The number of amides is 1. The number of nitrogens with zero attached hydrogens (tertiary/aromatic N) is 1. The van der Waals surface area contributed by atoms with Gasteiger partial charge in [-0.1, -0.05) is 12.1 Å². The molecule has 2 rings (SSSR count). The third kappa shape index (κ3) is 4.79. The molecule has 0 atom stereocenters. The molecule has 0 radical (unpaired) electrons. The van der Waals surface area contributed by atoms with Crippen molar-refractivity contribution in [3.05, 3.63) is 35.9 Å². The highest BCUT2D eigenvalue weighted by atomic mass is 16.5. The van der Waals surface area contributed by atoms with Gasteiger partial charge in [0.05, 0.1) is 19.6 Å². The van der Waals surface area contributed by atoms with Gasteiger partial charge in [0.25, 0.3) is 0 Å². The zero-order valence-corrected chi connectivity index (χ0v) is 12.4. The Balaban J connectivity index is 1.73. The highest BCUT2D eigenvalue weighted by Crippen LogP contribution is 2.15. The Bertz CT molecular complexity index is 514. The van der Waals surface area contributed by atoms with Gasteiger partial charge in [-0.3, -0.25) is 4.79 Å². The largest absolute Gasteiger partial charge is 0.493 e. The molecule has 21 heavy (non-hydrogen) atoms. The maximum atomic E-state index is 12.1. The molecule has 1 aromatic rings. The molecule has 0 spiro atoms. The van der Waals surface area contributed by atoms with E-state index in [2.05, 4.69) is 6.08 Å². The van der Waals surface area contributed by atoms with Crippen LogP contribution in [-0.4, -0.2) is 44.2 Å². The van der Waals surface area contributed by atoms with Crippen molar-refractivity contribution in [3.63, 3.8) is 0 Å². The van der Waals surface area contributed by atoms with Crippen LogP contribution in [0, 0.1) is 0 Å². The monoisotopic (exact) mass is 290 g/mol. The van der Waals surface area contributed by atoms with Crippen molar-refractivity contribution >= 4 is 11.6 Å².